The first-order valence-corrected chi connectivity index (χ1v) is 14.1. The Morgan fingerprint density at radius 2 is 1.05 bits per heavy atom. The van der Waals surface area contributed by atoms with E-state index in [1.807, 2.05) is 0 Å². The number of aromatic nitrogens is 2. The summed E-state index contributed by atoms with van der Waals surface area (Å²) in [6.07, 6.45) is 2.56. The van der Waals surface area contributed by atoms with Gasteiger partial charge in [-0.15, -0.1) is 0 Å². The molecule has 2 aromatic carbocycles. The number of halogens is 5. The number of carbonyl (C=O) groups excluding carboxylic acids is 2. The van der Waals surface area contributed by atoms with E-state index < -0.39 is 11.1 Å². The summed E-state index contributed by atoms with van der Waals surface area (Å²) in [4.78, 5) is 30.4. The predicted molar refractivity (Wildman–Crippen MR) is 185 cm³/mol. The number of hydrogen-bond acceptors (Lipinski definition) is 8. The third-order valence-corrected chi connectivity index (χ3v) is 6.43. The quantitative estimate of drug-likeness (QED) is 0.124. The summed E-state index contributed by atoms with van der Waals surface area (Å²) in [5, 5.41) is 3.06. The minimum absolute atomic E-state index is 0. The first-order valence-electron chi connectivity index (χ1n) is 12.2. The van der Waals surface area contributed by atoms with Crippen LogP contribution in [0, 0.1) is 0 Å². The van der Waals surface area contributed by atoms with Crippen LogP contribution in [-0.4, -0.2) is 42.7 Å². The van der Waals surface area contributed by atoms with Crippen molar-refractivity contribution in [2.45, 2.75) is 20.3 Å². The van der Waals surface area contributed by atoms with Crippen LogP contribution in [0.3, 0.4) is 0 Å². The molecule has 0 spiro atoms. The Labute approximate surface area is 283 Å². The minimum atomic E-state index is -0.638. The van der Waals surface area contributed by atoms with Crippen LogP contribution in [0.15, 0.2) is 72.8 Å². The fraction of sp³-hybridized carbons (Fsp3) is 0.172. The molecule has 7 N–H and O–H groups in total. The van der Waals surface area contributed by atoms with Gasteiger partial charge in [0.15, 0.2) is 0 Å². The summed E-state index contributed by atoms with van der Waals surface area (Å²) in [5.41, 5.74) is 16.4. The molecule has 4 aromatic rings. The van der Waals surface area contributed by atoms with Crippen LogP contribution < -0.4 is 22.5 Å². The van der Waals surface area contributed by atoms with Gasteiger partial charge in [-0.2, -0.15) is 0 Å². The number of amides is 1. The Bertz CT molecular complexity index is 1430. The highest BCUT2D eigenvalue weighted by molar-refractivity contribution is 6.69. The zero-order valence-corrected chi connectivity index (χ0v) is 26.4. The number of nitrogens with zero attached hydrogens (tertiary/aromatic N) is 2. The van der Waals surface area contributed by atoms with Crippen LogP contribution in [0.1, 0.15) is 41.0 Å². The second kappa shape index (κ2) is 21.5. The van der Waals surface area contributed by atoms with E-state index >= 15 is 0 Å². The van der Waals surface area contributed by atoms with Crippen LogP contribution >= 0.6 is 58.0 Å². The Morgan fingerprint density at radius 3 is 1.36 bits per heavy atom. The molecule has 1 aliphatic heterocycles. The fourth-order valence-corrected chi connectivity index (χ4v) is 4.52. The Kier molecular flexibility index (Phi) is 19.9. The molecule has 9 nitrogen and oxygen atoms in total. The van der Waals surface area contributed by atoms with Gasteiger partial charge in [0.05, 0.1) is 31.2 Å². The lowest BCUT2D eigenvalue weighted by Gasteiger charge is -2.07. The molecule has 0 atom stereocenters. The van der Waals surface area contributed by atoms with E-state index in [1.54, 1.807) is 72.8 Å². The van der Waals surface area contributed by atoms with Crippen molar-refractivity contribution >= 4 is 101 Å². The molecular weight excluding hydrogens is 668 g/mol. The Balaban J connectivity index is 0.000000608. The fourth-order valence-electron chi connectivity index (χ4n) is 3.08. The van der Waals surface area contributed by atoms with Crippen molar-refractivity contribution in [3.8, 4) is 0 Å². The van der Waals surface area contributed by atoms with Gasteiger partial charge in [0.25, 0.3) is 11.1 Å². The van der Waals surface area contributed by atoms with E-state index in [1.165, 1.54) is 12.8 Å². The molecule has 233 valence electrons. The molecule has 1 saturated heterocycles. The highest BCUT2D eigenvalue weighted by atomic mass is 35.5. The lowest BCUT2D eigenvalue weighted by molar-refractivity contribution is 0.102. The molecular formula is C29H31BCl5N6O3. The van der Waals surface area contributed by atoms with Crippen LogP contribution in [0.25, 0.3) is 0 Å². The SMILES string of the molecule is C.C1CCOC1.Nc1cccc(N)n1.Nc1cccc(NC(=O)c2c(Cl)cccc2Cl)n1.O=C(Cl)c1c(Cl)cccc1Cl.[B]. The standard InChI is InChI=1S/C12H9Cl2N3O.C7H3Cl3O.C5H7N3.C4H8O.CH4.B/c13-7-3-1-4-8(14)11(7)12(18)17-10-6-2-5-9(15)16-10;8-4-2-1-3-5(9)6(4)7(10)11;6-4-2-1-3-5(7)8-4;1-2-4-5-3-1;;/h1-6H,(H3,15,16,17,18);1-3H;1-3H,(H4,6,7,8);1-4H2;1H4;. The topological polar surface area (TPSA) is 159 Å². The number of nitrogens with one attached hydrogen (secondary N) is 1. The normalized spacial score (nSPS) is 10.9. The van der Waals surface area contributed by atoms with Crippen molar-refractivity contribution in [3.63, 3.8) is 0 Å². The second-order valence-corrected chi connectivity index (χ2v) is 10.1. The van der Waals surface area contributed by atoms with Gasteiger partial charge >= 0.3 is 0 Å². The molecule has 1 aliphatic rings. The molecule has 2 aromatic heterocycles. The van der Waals surface area contributed by atoms with Gasteiger partial charge in [0.2, 0.25) is 0 Å². The van der Waals surface area contributed by atoms with Gasteiger partial charge in [-0.25, -0.2) is 9.97 Å². The number of pyridine rings is 2. The number of nitrogens with two attached hydrogens (primary N) is 3. The molecule has 44 heavy (non-hydrogen) atoms. The Hall–Kier alpha value is -3.25. The van der Waals surface area contributed by atoms with E-state index in [9.17, 15) is 9.59 Å². The van der Waals surface area contributed by atoms with Crippen LogP contribution in [0.2, 0.25) is 20.1 Å². The molecule has 3 heterocycles. The number of ether oxygens (including phenoxy) is 1. The molecule has 0 unspecified atom stereocenters. The summed E-state index contributed by atoms with van der Waals surface area (Å²) in [6, 6.07) is 19.7. The van der Waals surface area contributed by atoms with Crippen molar-refractivity contribution < 1.29 is 14.3 Å². The second-order valence-electron chi connectivity index (χ2n) is 8.18. The van der Waals surface area contributed by atoms with Crippen molar-refractivity contribution in [2.24, 2.45) is 0 Å². The third-order valence-electron chi connectivity index (χ3n) is 4.98. The lowest BCUT2D eigenvalue weighted by atomic mass is 10.2. The molecule has 15 heteroatoms. The third kappa shape index (κ3) is 14.5. The van der Waals surface area contributed by atoms with Gasteiger partial charge in [-0.05, 0) is 73.0 Å². The molecule has 0 bridgehead atoms. The maximum absolute atomic E-state index is 12.0. The van der Waals surface area contributed by atoms with Crippen molar-refractivity contribution in [2.75, 3.05) is 35.7 Å². The van der Waals surface area contributed by atoms with Gasteiger partial charge in [-0.3, -0.25) is 9.59 Å². The van der Waals surface area contributed by atoms with Gasteiger partial charge in [0.1, 0.15) is 23.3 Å². The monoisotopic (exact) mass is 697 g/mol. The first kappa shape index (κ1) is 40.8. The maximum Gasteiger partial charge on any atom is 0.259 e. The number of benzene rings is 2. The smallest absolute Gasteiger partial charge is 0.259 e. The number of hydrogen-bond donors (Lipinski definition) is 4. The molecule has 0 aliphatic carbocycles. The number of rotatable bonds is 3. The van der Waals surface area contributed by atoms with Gasteiger partial charge in [0, 0.05) is 21.6 Å². The van der Waals surface area contributed by atoms with Gasteiger partial charge in [-0.1, -0.05) is 78.1 Å². The number of anilines is 4. The van der Waals surface area contributed by atoms with Crippen molar-refractivity contribution in [3.05, 3.63) is 104 Å². The minimum Gasteiger partial charge on any atom is -0.384 e. The van der Waals surface area contributed by atoms with E-state index in [-0.39, 0.29) is 47.1 Å². The predicted octanol–water partition coefficient (Wildman–Crippen LogP) is 7.89. The van der Waals surface area contributed by atoms with E-state index in [0.29, 0.717) is 23.3 Å². The van der Waals surface area contributed by atoms with E-state index in [4.69, 9.17) is 79.9 Å². The maximum atomic E-state index is 12.0. The molecule has 1 fully saturated rings. The molecule has 5 rings (SSSR count). The van der Waals surface area contributed by atoms with Gasteiger partial charge < -0.3 is 27.3 Å². The molecule has 1 amide bonds. The zero-order valence-electron chi connectivity index (χ0n) is 22.6. The summed E-state index contributed by atoms with van der Waals surface area (Å²) < 4.78 is 4.94. The summed E-state index contributed by atoms with van der Waals surface area (Å²) >= 11 is 28.3. The van der Waals surface area contributed by atoms with E-state index in [0.717, 1.165) is 13.2 Å². The van der Waals surface area contributed by atoms with Crippen molar-refractivity contribution in [1.29, 1.82) is 0 Å². The van der Waals surface area contributed by atoms with E-state index in [2.05, 4.69) is 15.3 Å². The molecule has 3 radical (unpaired) electrons. The lowest BCUT2D eigenvalue weighted by Crippen LogP contribution is -2.14. The average Bonchev–Trinajstić information content (AvgIpc) is 3.50. The number of nitrogen functional groups attached to an aromatic ring is 3. The summed E-state index contributed by atoms with van der Waals surface area (Å²) in [6.45, 7) is 2.00. The zero-order chi connectivity index (χ0) is 31.1. The van der Waals surface area contributed by atoms with Crippen molar-refractivity contribution in [1.82, 2.24) is 9.97 Å². The van der Waals surface area contributed by atoms with Crippen LogP contribution in [0.5, 0.6) is 0 Å². The average molecular weight is 700 g/mol. The summed E-state index contributed by atoms with van der Waals surface area (Å²) in [5.74, 6) is 1.16. The van der Waals surface area contributed by atoms with Crippen LogP contribution in [0.4, 0.5) is 23.3 Å². The Morgan fingerprint density at radius 1 is 0.659 bits per heavy atom. The highest BCUT2D eigenvalue weighted by Crippen LogP contribution is 2.26. The van der Waals surface area contributed by atoms with Crippen LogP contribution in [-0.2, 0) is 4.74 Å². The molecule has 0 saturated carbocycles. The number of carbonyl (C=O) groups is 2. The largest absolute Gasteiger partial charge is 0.384 e. The summed E-state index contributed by atoms with van der Waals surface area (Å²) in [7, 11) is 0. The highest BCUT2D eigenvalue weighted by Gasteiger charge is 2.15. The first-order chi connectivity index (χ1) is 20.0.